The van der Waals surface area contributed by atoms with Crippen molar-refractivity contribution in [2.45, 2.75) is 13.3 Å². The third kappa shape index (κ3) is 5.86. The number of amides is 2. The minimum absolute atomic E-state index is 0.0254. The molecular formula is C22H20BrClN2O6. The minimum Gasteiger partial charge on any atom is -0.462 e. The summed E-state index contributed by atoms with van der Waals surface area (Å²) in [4.78, 5) is 50.0. The van der Waals surface area contributed by atoms with Crippen molar-refractivity contribution in [3.63, 3.8) is 0 Å². The molecule has 32 heavy (non-hydrogen) atoms. The predicted octanol–water partition coefficient (Wildman–Crippen LogP) is 3.81. The van der Waals surface area contributed by atoms with Gasteiger partial charge in [0, 0.05) is 28.8 Å². The largest absolute Gasteiger partial charge is 0.462 e. The Morgan fingerprint density at radius 1 is 1.16 bits per heavy atom. The maximum Gasteiger partial charge on any atom is 0.338 e. The van der Waals surface area contributed by atoms with Gasteiger partial charge in [0.15, 0.2) is 6.61 Å². The van der Waals surface area contributed by atoms with Crippen molar-refractivity contribution in [3.8, 4) is 0 Å². The number of nitrogens with one attached hydrogen (secondary N) is 1. The van der Waals surface area contributed by atoms with Crippen LogP contribution < -0.4 is 10.2 Å². The van der Waals surface area contributed by atoms with Gasteiger partial charge in [0.25, 0.3) is 5.91 Å². The van der Waals surface area contributed by atoms with Crippen LogP contribution in [-0.4, -0.2) is 43.5 Å². The molecule has 0 bridgehead atoms. The van der Waals surface area contributed by atoms with Crippen molar-refractivity contribution in [1.29, 1.82) is 0 Å². The van der Waals surface area contributed by atoms with Crippen LogP contribution >= 0.6 is 27.5 Å². The second-order valence-corrected chi connectivity index (χ2v) is 8.22. The summed E-state index contributed by atoms with van der Waals surface area (Å²) in [5.74, 6) is -2.54. The fraction of sp³-hybridized carbons (Fsp3) is 0.273. The zero-order valence-corrected chi connectivity index (χ0v) is 19.4. The quantitative estimate of drug-likeness (QED) is 0.554. The van der Waals surface area contributed by atoms with Crippen molar-refractivity contribution in [2.75, 3.05) is 30.0 Å². The maximum atomic E-state index is 12.4. The first-order valence-electron chi connectivity index (χ1n) is 9.77. The SMILES string of the molecule is CCOC(=O)c1ccc(N2C[C@@H](C(=O)OCC(=O)Nc3ccc(Br)c(Cl)c3)CC2=O)cc1. The highest BCUT2D eigenvalue weighted by molar-refractivity contribution is 9.10. The Kier molecular flexibility index (Phi) is 7.87. The first-order valence-corrected chi connectivity index (χ1v) is 10.9. The van der Waals surface area contributed by atoms with E-state index in [1.807, 2.05) is 0 Å². The Bertz CT molecular complexity index is 1040. The summed E-state index contributed by atoms with van der Waals surface area (Å²) in [6, 6.07) is 11.3. The van der Waals surface area contributed by atoms with Gasteiger partial charge in [0.05, 0.1) is 23.1 Å². The lowest BCUT2D eigenvalue weighted by Gasteiger charge is -2.17. The lowest BCUT2D eigenvalue weighted by Crippen LogP contribution is -2.28. The number of benzene rings is 2. The second-order valence-electron chi connectivity index (χ2n) is 6.96. The fourth-order valence-corrected chi connectivity index (χ4v) is 3.56. The highest BCUT2D eigenvalue weighted by Crippen LogP contribution is 2.27. The summed E-state index contributed by atoms with van der Waals surface area (Å²) >= 11 is 9.24. The smallest absolute Gasteiger partial charge is 0.338 e. The van der Waals surface area contributed by atoms with E-state index in [4.69, 9.17) is 21.1 Å². The number of carbonyl (C=O) groups is 4. The number of anilines is 2. The molecule has 168 valence electrons. The molecule has 1 aliphatic heterocycles. The summed E-state index contributed by atoms with van der Waals surface area (Å²) in [7, 11) is 0. The third-order valence-corrected chi connectivity index (χ3v) is 5.93. The van der Waals surface area contributed by atoms with Gasteiger partial charge < -0.3 is 19.7 Å². The van der Waals surface area contributed by atoms with Crippen molar-refractivity contribution >= 4 is 62.7 Å². The minimum atomic E-state index is -0.692. The zero-order chi connectivity index (χ0) is 23.3. The Labute approximate surface area is 197 Å². The summed E-state index contributed by atoms with van der Waals surface area (Å²) in [6.45, 7) is 1.63. The van der Waals surface area contributed by atoms with Gasteiger partial charge in [-0.15, -0.1) is 0 Å². The van der Waals surface area contributed by atoms with E-state index in [-0.39, 0.29) is 25.5 Å². The molecule has 0 radical (unpaired) electrons. The molecule has 0 spiro atoms. The van der Waals surface area contributed by atoms with Crippen LogP contribution in [0.1, 0.15) is 23.7 Å². The molecule has 1 atom stereocenters. The first kappa shape index (κ1) is 23.7. The Hall–Kier alpha value is -2.91. The van der Waals surface area contributed by atoms with Crippen LogP contribution in [0.2, 0.25) is 5.02 Å². The number of halogens is 2. The summed E-state index contributed by atoms with van der Waals surface area (Å²) in [5.41, 5.74) is 1.40. The fourth-order valence-electron chi connectivity index (χ4n) is 3.13. The molecule has 0 saturated carbocycles. The van der Waals surface area contributed by atoms with E-state index < -0.39 is 30.4 Å². The van der Waals surface area contributed by atoms with Crippen molar-refractivity contribution in [2.24, 2.45) is 5.92 Å². The Morgan fingerprint density at radius 2 is 1.88 bits per heavy atom. The number of hydrogen-bond donors (Lipinski definition) is 1. The average Bonchev–Trinajstić information content (AvgIpc) is 3.16. The molecule has 2 aromatic carbocycles. The van der Waals surface area contributed by atoms with Crippen LogP contribution in [0.4, 0.5) is 11.4 Å². The molecule has 1 aliphatic rings. The van der Waals surface area contributed by atoms with Gasteiger partial charge in [-0.1, -0.05) is 11.6 Å². The van der Waals surface area contributed by atoms with Crippen LogP contribution in [0, 0.1) is 5.92 Å². The van der Waals surface area contributed by atoms with Crippen LogP contribution in [-0.2, 0) is 23.9 Å². The molecule has 0 unspecified atom stereocenters. The molecule has 10 heteroatoms. The first-order chi connectivity index (χ1) is 15.3. The molecule has 0 aromatic heterocycles. The van der Waals surface area contributed by atoms with Gasteiger partial charge in [-0.25, -0.2) is 4.79 Å². The lowest BCUT2D eigenvalue weighted by molar-refractivity contribution is -0.151. The molecule has 2 amide bonds. The van der Waals surface area contributed by atoms with E-state index in [2.05, 4.69) is 21.2 Å². The van der Waals surface area contributed by atoms with E-state index in [1.165, 1.54) is 4.90 Å². The zero-order valence-electron chi connectivity index (χ0n) is 17.1. The highest BCUT2D eigenvalue weighted by Gasteiger charge is 2.36. The van der Waals surface area contributed by atoms with Gasteiger partial charge in [-0.3, -0.25) is 14.4 Å². The number of esters is 2. The number of carbonyl (C=O) groups excluding carboxylic acids is 4. The second kappa shape index (κ2) is 10.6. The van der Waals surface area contributed by atoms with Crippen LogP contribution in [0.3, 0.4) is 0 Å². The average molecular weight is 524 g/mol. The van der Waals surface area contributed by atoms with Gasteiger partial charge in [0.1, 0.15) is 0 Å². The van der Waals surface area contributed by atoms with Gasteiger partial charge >= 0.3 is 11.9 Å². The predicted molar refractivity (Wildman–Crippen MR) is 122 cm³/mol. The van der Waals surface area contributed by atoms with Gasteiger partial charge in [0.2, 0.25) is 5.91 Å². The normalized spacial score (nSPS) is 15.4. The highest BCUT2D eigenvalue weighted by atomic mass is 79.9. The summed E-state index contributed by atoms with van der Waals surface area (Å²) in [6.07, 6.45) is -0.0254. The molecule has 1 fully saturated rings. The standard InChI is InChI=1S/C22H20BrClN2O6/c1-2-31-21(29)13-3-6-16(7-4-13)26-11-14(9-20(26)28)22(30)32-12-19(27)25-15-5-8-17(23)18(24)10-15/h3-8,10,14H,2,9,11-12H2,1H3,(H,25,27)/t14-/m0/s1. The van der Waals surface area contributed by atoms with Crippen molar-refractivity contribution in [3.05, 3.63) is 57.5 Å². The van der Waals surface area contributed by atoms with Crippen LogP contribution in [0.5, 0.6) is 0 Å². The molecule has 2 aromatic rings. The molecule has 1 N–H and O–H groups in total. The van der Waals surface area contributed by atoms with Crippen LogP contribution in [0.15, 0.2) is 46.9 Å². The lowest BCUT2D eigenvalue weighted by atomic mass is 10.1. The maximum absolute atomic E-state index is 12.4. The summed E-state index contributed by atoms with van der Waals surface area (Å²) < 4.78 is 10.7. The number of hydrogen-bond acceptors (Lipinski definition) is 6. The summed E-state index contributed by atoms with van der Waals surface area (Å²) in [5, 5.41) is 3.02. The Morgan fingerprint density at radius 3 is 2.53 bits per heavy atom. The van der Waals surface area contributed by atoms with E-state index in [9.17, 15) is 19.2 Å². The molecule has 1 saturated heterocycles. The topological polar surface area (TPSA) is 102 Å². The van der Waals surface area contributed by atoms with Crippen molar-refractivity contribution < 1.29 is 28.7 Å². The third-order valence-electron chi connectivity index (χ3n) is 4.70. The molecule has 0 aliphatic carbocycles. The number of ether oxygens (including phenoxy) is 2. The molecule has 3 rings (SSSR count). The molecule has 8 nitrogen and oxygen atoms in total. The van der Waals surface area contributed by atoms with Gasteiger partial charge in [-0.05, 0) is 65.3 Å². The van der Waals surface area contributed by atoms with E-state index in [0.29, 0.717) is 26.4 Å². The van der Waals surface area contributed by atoms with Gasteiger partial charge in [-0.2, -0.15) is 0 Å². The van der Waals surface area contributed by atoms with Crippen molar-refractivity contribution in [1.82, 2.24) is 0 Å². The Balaban J connectivity index is 1.52. The number of nitrogens with zero attached hydrogens (tertiary/aromatic N) is 1. The monoisotopic (exact) mass is 522 g/mol. The number of rotatable bonds is 7. The molecular weight excluding hydrogens is 504 g/mol. The van der Waals surface area contributed by atoms with Crippen LogP contribution in [0.25, 0.3) is 0 Å². The van der Waals surface area contributed by atoms with E-state index in [1.54, 1.807) is 49.4 Å². The molecule has 1 heterocycles. The van der Waals surface area contributed by atoms with E-state index in [0.717, 1.165) is 0 Å². The van der Waals surface area contributed by atoms with E-state index >= 15 is 0 Å².